The lowest BCUT2D eigenvalue weighted by Crippen LogP contribution is -2.38. The smallest absolute Gasteiger partial charge is 0.297 e. The Morgan fingerprint density at radius 2 is 2.00 bits per heavy atom. The van der Waals surface area contributed by atoms with Crippen LogP contribution in [-0.4, -0.2) is 28.2 Å². The van der Waals surface area contributed by atoms with Crippen LogP contribution in [0.15, 0.2) is 24.3 Å². The number of nitrogens with zero attached hydrogens (tertiary/aromatic N) is 2. The second kappa shape index (κ2) is 4.77. The summed E-state index contributed by atoms with van der Waals surface area (Å²) >= 11 is 0. The molecule has 1 N–H and O–H groups in total. The van der Waals surface area contributed by atoms with Crippen molar-refractivity contribution < 1.29 is 4.74 Å². The van der Waals surface area contributed by atoms with Gasteiger partial charge >= 0.3 is 0 Å². The first-order valence-electron chi connectivity index (χ1n) is 7.71. The molecule has 1 aromatic carbocycles. The minimum Gasteiger partial charge on any atom is -0.465 e. The minimum atomic E-state index is 0.516. The number of hydrogen-bond acceptors (Lipinski definition) is 3. The van der Waals surface area contributed by atoms with Crippen LogP contribution in [0, 0.1) is 0 Å². The third-order valence-electron chi connectivity index (χ3n) is 4.65. The molecule has 0 amide bonds. The monoisotopic (exact) mass is 271 g/mol. The number of ether oxygens (including phenoxy) is 1. The van der Waals surface area contributed by atoms with Crippen molar-refractivity contribution >= 4 is 11.0 Å². The lowest BCUT2D eigenvalue weighted by molar-refractivity contribution is 0.249. The molecule has 3 heterocycles. The first-order chi connectivity index (χ1) is 9.85. The molecule has 4 rings (SSSR count). The Hall–Kier alpha value is -1.55. The van der Waals surface area contributed by atoms with E-state index in [1.54, 1.807) is 0 Å². The molecule has 2 aromatic rings. The summed E-state index contributed by atoms with van der Waals surface area (Å²) in [5.74, 6) is 0. The van der Waals surface area contributed by atoms with E-state index in [9.17, 15) is 0 Å². The predicted octanol–water partition coefficient (Wildman–Crippen LogP) is 2.89. The highest BCUT2D eigenvalue weighted by Crippen LogP contribution is 2.38. The fourth-order valence-corrected chi connectivity index (χ4v) is 3.84. The minimum absolute atomic E-state index is 0.516. The zero-order valence-electron chi connectivity index (χ0n) is 11.9. The Bertz CT molecular complexity index is 609. The van der Waals surface area contributed by atoms with E-state index in [1.807, 2.05) is 13.0 Å². The number of piperidine rings is 1. The summed E-state index contributed by atoms with van der Waals surface area (Å²) in [4.78, 5) is 4.67. The second-order valence-corrected chi connectivity index (χ2v) is 5.95. The molecule has 0 aliphatic carbocycles. The van der Waals surface area contributed by atoms with Gasteiger partial charge in [-0.3, -0.25) is 4.57 Å². The van der Waals surface area contributed by atoms with E-state index in [0.29, 0.717) is 24.7 Å². The highest BCUT2D eigenvalue weighted by atomic mass is 16.5. The van der Waals surface area contributed by atoms with Crippen molar-refractivity contribution in [2.75, 3.05) is 6.61 Å². The van der Waals surface area contributed by atoms with E-state index in [-0.39, 0.29) is 0 Å². The van der Waals surface area contributed by atoms with Crippen LogP contribution in [-0.2, 0) is 0 Å². The lowest BCUT2D eigenvalue weighted by Gasteiger charge is -2.31. The number of fused-ring (bicyclic) bond motifs is 3. The first-order valence-corrected chi connectivity index (χ1v) is 7.71. The standard InChI is InChI=1S/C16H21N3O/c1-2-20-16-18-14-5-3-4-6-15(14)19(16)13-9-11-7-8-12(10-13)17-11/h3-6,11-13,17H,2,7-10H2,1H3. The van der Waals surface area contributed by atoms with Crippen LogP contribution >= 0.6 is 0 Å². The van der Waals surface area contributed by atoms with Crippen LogP contribution in [0.25, 0.3) is 11.0 Å². The summed E-state index contributed by atoms with van der Waals surface area (Å²) < 4.78 is 8.14. The maximum absolute atomic E-state index is 5.80. The molecule has 106 valence electrons. The van der Waals surface area contributed by atoms with Crippen molar-refractivity contribution in [1.29, 1.82) is 0 Å². The Kier molecular flexibility index (Phi) is 2.91. The van der Waals surface area contributed by atoms with Gasteiger partial charge in [-0.25, -0.2) is 0 Å². The molecule has 2 unspecified atom stereocenters. The van der Waals surface area contributed by atoms with E-state index < -0.39 is 0 Å². The maximum atomic E-state index is 5.80. The number of nitrogens with one attached hydrogen (secondary N) is 1. The third kappa shape index (κ3) is 1.90. The molecule has 4 heteroatoms. The van der Waals surface area contributed by atoms with Gasteiger partial charge in [0.1, 0.15) is 0 Å². The van der Waals surface area contributed by atoms with E-state index >= 15 is 0 Å². The topological polar surface area (TPSA) is 39.1 Å². The Morgan fingerprint density at radius 1 is 1.25 bits per heavy atom. The summed E-state index contributed by atoms with van der Waals surface area (Å²) in [6.07, 6.45) is 5.02. The highest BCUT2D eigenvalue weighted by Gasteiger charge is 2.35. The Labute approximate surface area is 119 Å². The molecular formula is C16H21N3O. The van der Waals surface area contributed by atoms with Crippen molar-refractivity contribution in [2.24, 2.45) is 0 Å². The average Bonchev–Trinajstić information content (AvgIpc) is 2.99. The molecule has 2 bridgehead atoms. The van der Waals surface area contributed by atoms with Crippen LogP contribution < -0.4 is 10.1 Å². The Morgan fingerprint density at radius 3 is 2.75 bits per heavy atom. The maximum Gasteiger partial charge on any atom is 0.297 e. The number of aromatic nitrogens is 2. The van der Waals surface area contributed by atoms with Crippen molar-refractivity contribution in [1.82, 2.24) is 14.9 Å². The number of rotatable bonds is 3. The third-order valence-corrected chi connectivity index (χ3v) is 4.65. The molecule has 2 fully saturated rings. The summed E-state index contributed by atoms with van der Waals surface area (Å²) in [5.41, 5.74) is 2.25. The van der Waals surface area contributed by atoms with E-state index in [2.05, 4.69) is 33.1 Å². The summed E-state index contributed by atoms with van der Waals surface area (Å²) in [7, 11) is 0. The van der Waals surface area contributed by atoms with Crippen LogP contribution in [0.1, 0.15) is 38.6 Å². The molecule has 4 nitrogen and oxygen atoms in total. The van der Waals surface area contributed by atoms with Gasteiger partial charge in [0, 0.05) is 18.1 Å². The van der Waals surface area contributed by atoms with Gasteiger partial charge in [0.15, 0.2) is 0 Å². The molecule has 1 aromatic heterocycles. The molecule has 20 heavy (non-hydrogen) atoms. The van der Waals surface area contributed by atoms with Gasteiger partial charge in [-0.2, -0.15) is 4.98 Å². The normalized spacial score (nSPS) is 28.9. The fraction of sp³-hybridized carbons (Fsp3) is 0.562. The van der Waals surface area contributed by atoms with Crippen molar-refractivity contribution in [2.45, 2.75) is 50.7 Å². The fourth-order valence-electron chi connectivity index (χ4n) is 3.84. The second-order valence-electron chi connectivity index (χ2n) is 5.95. The van der Waals surface area contributed by atoms with Crippen LogP contribution in [0.4, 0.5) is 0 Å². The molecule has 2 aliphatic rings. The number of hydrogen-bond donors (Lipinski definition) is 1. The van der Waals surface area contributed by atoms with Crippen molar-refractivity contribution in [3.05, 3.63) is 24.3 Å². The molecule has 2 atom stereocenters. The predicted molar refractivity (Wildman–Crippen MR) is 79.1 cm³/mol. The van der Waals surface area contributed by atoms with Gasteiger partial charge in [0.2, 0.25) is 0 Å². The van der Waals surface area contributed by atoms with Gasteiger partial charge in [0.05, 0.1) is 17.6 Å². The summed E-state index contributed by atoms with van der Waals surface area (Å²) in [5, 5.41) is 3.71. The molecule has 0 radical (unpaired) electrons. The molecule has 2 saturated heterocycles. The van der Waals surface area contributed by atoms with Crippen molar-refractivity contribution in [3.8, 4) is 6.01 Å². The number of imidazole rings is 1. The van der Waals surface area contributed by atoms with Crippen LogP contribution in [0.2, 0.25) is 0 Å². The summed E-state index contributed by atoms with van der Waals surface area (Å²) in [6, 6.07) is 11.0. The summed E-state index contributed by atoms with van der Waals surface area (Å²) in [6.45, 7) is 2.69. The molecule has 0 saturated carbocycles. The van der Waals surface area contributed by atoms with E-state index in [4.69, 9.17) is 4.74 Å². The van der Waals surface area contributed by atoms with Gasteiger partial charge in [-0.15, -0.1) is 0 Å². The molecule has 2 aliphatic heterocycles. The molecular weight excluding hydrogens is 250 g/mol. The van der Waals surface area contributed by atoms with Crippen LogP contribution in [0.5, 0.6) is 6.01 Å². The zero-order chi connectivity index (χ0) is 13.5. The SMILES string of the molecule is CCOc1nc2ccccc2n1C1CC2CCC(C1)N2. The quantitative estimate of drug-likeness (QED) is 0.933. The van der Waals surface area contributed by atoms with Gasteiger partial charge < -0.3 is 10.1 Å². The van der Waals surface area contributed by atoms with Crippen LogP contribution in [0.3, 0.4) is 0 Å². The van der Waals surface area contributed by atoms with Gasteiger partial charge in [-0.1, -0.05) is 12.1 Å². The molecule has 0 spiro atoms. The van der Waals surface area contributed by atoms with E-state index in [0.717, 1.165) is 11.5 Å². The van der Waals surface area contributed by atoms with Gasteiger partial charge in [-0.05, 0) is 44.7 Å². The number of benzene rings is 1. The Balaban J connectivity index is 1.78. The van der Waals surface area contributed by atoms with Crippen molar-refractivity contribution in [3.63, 3.8) is 0 Å². The van der Waals surface area contributed by atoms with E-state index in [1.165, 1.54) is 31.2 Å². The van der Waals surface area contributed by atoms with Gasteiger partial charge in [0.25, 0.3) is 6.01 Å². The zero-order valence-corrected chi connectivity index (χ0v) is 11.9. The highest BCUT2D eigenvalue weighted by molar-refractivity contribution is 5.76. The largest absolute Gasteiger partial charge is 0.465 e. The first kappa shape index (κ1) is 12.2. The average molecular weight is 271 g/mol. The lowest BCUT2D eigenvalue weighted by atomic mass is 9.99. The number of para-hydroxylation sites is 2.